The maximum atomic E-state index is 8.75. The van der Waals surface area contributed by atoms with Crippen LogP contribution in [-0.4, -0.2) is 13.1 Å². The molecule has 1 aromatic rings. The normalized spacial score (nSPS) is 11.9. The first-order valence-corrected chi connectivity index (χ1v) is 6.08. The minimum Gasteiger partial charge on any atom is -0.398 e. The fraction of sp³-hybridized carbons (Fsp3) is 0.500. The van der Waals surface area contributed by atoms with Crippen molar-refractivity contribution in [2.45, 2.75) is 39.2 Å². The van der Waals surface area contributed by atoms with E-state index in [9.17, 15) is 0 Å². The van der Waals surface area contributed by atoms with Crippen LogP contribution in [0.15, 0.2) is 18.2 Å². The summed E-state index contributed by atoms with van der Waals surface area (Å²) in [5.41, 5.74) is 8.59. The Morgan fingerprint density at radius 3 is 2.76 bits per heavy atom. The minimum absolute atomic E-state index is 0.371. The topological polar surface area (TPSA) is 53.0 Å². The molecule has 3 nitrogen and oxygen atoms in total. The van der Waals surface area contributed by atoms with Gasteiger partial charge >= 0.3 is 0 Å². The maximum Gasteiger partial charge on any atom is 0.0670 e. The standard InChI is InChI=1S/C14H21N3/c1-4-5-11(2)17(3)13-6-7-14(16)12(10-13)8-9-15/h6-7,10-11H,4-5,8,16H2,1-3H3. The predicted molar refractivity (Wildman–Crippen MR) is 72.9 cm³/mol. The van der Waals surface area contributed by atoms with E-state index in [1.807, 2.05) is 18.2 Å². The van der Waals surface area contributed by atoms with Crippen molar-refractivity contribution in [2.24, 2.45) is 0 Å². The second kappa shape index (κ2) is 6.15. The van der Waals surface area contributed by atoms with E-state index >= 15 is 0 Å². The molecule has 1 atom stereocenters. The molecule has 1 unspecified atom stereocenters. The van der Waals surface area contributed by atoms with Gasteiger partial charge in [-0.25, -0.2) is 0 Å². The van der Waals surface area contributed by atoms with Crippen molar-refractivity contribution in [2.75, 3.05) is 17.7 Å². The number of nitrogen functional groups attached to an aromatic ring is 1. The van der Waals surface area contributed by atoms with Crippen molar-refractivity contribution in [3.05, 3.63) is 23.8 Å². The number of rotatable bonds is 5. The van der Waals surface area contributed by atoms with Gasteiger partial charge in [0.25, 0.3) is 0 Å². The van der Waals surface area contributed by atoms with Gasteiger partial charge in [-0.2, -0.15) is 5.26 Å². The zero-order valence-corrected chi connectivity index (χ0v) is 10.9. The third-order valence-electron chi connectivity index (χ3n) is 3.17. The molecule has 0 heterocycles. The van der Waals surface area contributed by atoms with Gasteiger partial charge in [0.2, 0.25) is 0 Å². The molecular weight excluding hydrogens is 210 g/mol. The zero-order valence-electron chi connectivity index (χ0n) is 10.9. The van der Waals surface area contributed by atoms with Gasteiger partial charge in [-0.05, 0) is 37.1 Å². The van der Waals surface area contributed by atoms with Crippen molar-refractivity contribution in [1.29, 1.82) is 5.26 Å². The van der Waals surface area contributed by atoms with Crippen LogP contribution in [0.25, 0.3) is 0 Å². The molecule has 0 aliphatic carbocycles. The highest BCUT2D eigenvalue weighted by molar-refractivity contribution is 5.59. The van der Waals surface area contributed by atoms with Crippen LogP contribution >= 0.6 is 0 Å². The number of nitrogens with zero attached hydrogens (tertiary/aromatic N) is 2. The van der Waals surface area contributed by atoms with Gasteiger partial charge in [-0.3, -0.25) is 0 Å². The van der Waals surface area contributed by atoms with Crippen LogP contribution < -0.4 is 10.6 Å². The first-order valence-electron chi connectivity index (χ1n) is 6.08. The molecule has 0 bridgehead atoms. The van der Waals surface area contributed by atoms with E-state index in [-0.39, 0.29) is 0 Å². The minimum atomic E-state index is 0.371. The van der Waals surface area contributed by atoms with E-state index in [2.05, 4.69) is 31.9 Å². The number of hydrogen-bond acceptors (Lipinski definition) is 3. The van der Waals surface area contributed by atoms with Crippen LogP contribution in [0.1, 0.15) is 32.3 Å². The van der Waals surface area contributed by atoms with Crippen LogP contribution in [0.3, 0.4) is 0 Å². The van der Waals surface area contributed by atoms with Gasteiger partial charge in [0, 0.05) is 24.5 Å². The van der Waals surface area contributed by atoms with Crippen LogP contribution in [0.2, 0.25) is 0 Å². The second-order valence-electron chi connectivity index (χ2n) is 4.47. The maximum absolute atomic E-state index is 8.75. The van der Waals surface area contributed by atoms with Crippen LogP contribution in [0.5, 0.6) is 0 Å². The van der Waals surface area contributed by atoms with Gasteiger partial charge in [-0.15, -0.1) is 0 Å². The van der Waals surface area contributed by atoms with Gasteiger partial charge in [0.15, 0.2) is 0 Å². The number of nitrogens with two attached hydrogens (primary N) is 1. The monoisotopic (exact) mass is 231 g/mol. The molecule has 0 aliphatic heterocycles. The molecule has 3 heteroatoms. The Labute approximate surface area is 104 Å². The molecular formula is C14H21N3. The Hall–Kier alpha value is -1.69. The molecule has 17 heavy (non-hydrogen) atoms. The molecule has 0 spiro atoms. The third kappa shape index (κ3) is 3.39. The molecule has 92 valence electrons. The molecule has 1 rings (SSSR count). The van der Waals surface area contributed by atoms with Gasteiger partial charge < -0.3 is 10.6 Å². The lowest BCUT2D eigenvalue weighted by atomic mass is 10.1. The molecule has 0 radical (unpaired) electrons. The predicted octanol–water partition coefficient (Wildman–Crippen LogP) is 2.96. The highest BCUT2D eigenvalue weighted by atomic mass is 15.1. The Bertz CT molecular complexity index is 406. The summed E-state index contributed by atoms with van der Waals surface area (Å²) in [6, 6.07) is 8.57. The summed E-state index contributed by atoms with van der Waals surface area (Å²) in [4.78, 5) is 2.24. The number of nitriles is 1. The van der Waals surface area contributed by atoms with Crippen LogP contribution in [0, 0.1) is 11.3 Å². The van der Waals surface area contributed by atoms with E-state index in [0.29, 0.717) is 18.2 Å². The van der Waals surface area contributed by atoms with E-state index in [1.165, 1.54) is 6.42 Å². The SMILES string of the molecule is CCCC(C)N(C)c1ccc(N)c(CC#N)c1. The lowest BCUT2D eigenvalue weighted by Gasteiger charge is -2.27. The van der Waals surface area contributed by atoms with Crippen molar-refractivity contribution in [1.82, 2.24) is 0 Å². The lowest BCUT2D eigenvalue weighted by molar-refractivity contribution is 0.616. The first kappa shape index (κ1) is 13.4. The summed E-state index contributed by atoms with van der Waals surface area (Å²) in [5.74, 6) is 0. The smallest absolute Gasteiger partial charge is 0.0670 e. The molecule has 0 saturated heterocycles. The Balaban J connectivity index is 2.91. The van der Waals surface area contributed by atoms with Gasteiger partial charge in [-0.1, -0.05) is 13.3 Å². The summed E-state index contributed by atoms with van der Waals surface area (Å²) in [7, 11) is 2.09. The Morgan fingerprint density at radius 1 is 1.47 bits per heavy atom. The van der Waals surface area contributed by atoms with Gasteiger partial charge in [0.05, 0.1) is 12.5 Å². The fourth-order valence-corrected chi connectivity index (χ4v) is 1.92. The Kier molecular flexibility index (Phi) is 4.84. The van der Waals surface area contributed by atoms with Crippen LogP contribution in [0.4, 0.5) is 11.4 Å². The van der Waals surface area contributed by atoms with E-state index < -0.39 is 0 Å². The van der Waals surface area contributed by atoms with Crippen molar-refractivity contribution in [3.8, 4) is 6.07 Å². The van der Waals surface area contributed by atoms with Crippen LogP contribution in [-0.2, 0) is 6.42 Å². The summed E-state index contributed by atoms with van der Waals surface area (Å²) < 4.78 is 0. The average molecular weight is 231 g/mol. The number of hydrogen-bond donors (Lipinski definition) is 1. The van der Waals surface area contributed by atoms with E-state index in [4.69, 9.17) is 11.0 Å². The van der Waals surface area contributed by atoms with Crippen molar-refractivity contribution >= 4 is 11.4 Å². The third-order valence-corrected chi connectivity index (χ3v) is 3.17. The highest BCUT2D eigenvalue weighted by Crippen LogP contribution is 2.23. The van der Waals surface area contributed by atoms with E-state index in [0.717, 1.165) is 17.7 Å². The lowest BCUT2D eigenvalue weighted by Crippen LogP contribution is -2.28. The molecule has 0 amide bonds. The van der Waals surface area contributed by atoms with Gasteiger partial charge in [0.1, 0.15) is 0 Å². The summed E-state index contributed by atoms with van der Waals surface area (Å²) in [6.07, 6.45) is 2.70. The Morgan fingerprint density at radius 2 is 2.18 bits per heavy atom. The summed E-state index contributed by atoms with van der Waals surface area (Å²) in [5, 5.41) is 8.75. The second-order valence-corrected chi connectivity index (χ2v) is 4.47. The quantitative estimate of drug-likeness (QED) is 0.793. The summed E-state index contributed by atoms with van der Waals surface area (Å²) in [6.45, 7) is 4.40. The molecule has 0 fully saturated rings. The largest absolute Gasteiger partial charge is 0.398 e. The zero-order chi connectivity index (χ0) is 12.8. The molecule has 0 saturated carbocycles. The molecule has 0 aromatic heterocycles. The number of benzene rings is 1. The molecule has 1 aromatic carbocycles. The fourth-order valence-electron chi connectivity index (χ4n) is 1.92. The average Bonchev–Trinajstić information content (AvgIpc) is 2.31. The van der Waals surface area contributed by atoms with Crippen molar-refractivity contribution in [3.63, 3.8) is 0 Å². The highest BCUT2D eigenvalue weighted by Gasteiger charge is 2.10. The summed E-state index contributed by atoms with van der Waals surface area (Å²) >= 11 is 0. The molecule has 0 aliphatic rings. The van der Waals surface area contributed by atoms with Crippen molar-refractivity contribution < 1.29 is 0 Å². The first-order chi connectivity index (χ1) is 8.10. The van der Waals surface area contributed by atoms with E-state index in [1.54, 1.807) is 0 Å². The molecule has 2 N–H and O–H groups in total. The number of anilines is 2.